The summed E-state index contributed by atoms with van der Waals surface area (Å²) in [5.74, 6) is -3.67. The highest BCUT2D eigenvalue weighted by molar-refractivity contribution is 6.00. The third kappa shape index (κ3) is 5.03. The smallest absolute Gasteiger partial charge is 0.339 e. The summed E-state index contributed by atoms with van der Waals surface area (Å²) < 4.78 is 10.9. The van der Waals surface area contributed by atoms with E-state index in [2.05, 4.69) is 11.9 Å². The average Bonchev–Trinajstić information content (AvgIpc) is 2.98. The van der Waals surface area contributed by atoms with Gasteiger partial charge in [-0.3, -0.25) is 9.59 Å². The second kappa shape index (κ2) is 11.3. The van der Waals surface area contributed by atoms with Crippen LogP contribution in [0.4, 0.5) is 5.69 Å². The summed E-state index contributed by atoms with van der Waals surface area (Å²) >= 11 is 0. The van der Waals surface area contributed by atoms with E-state index >= 15 is 0 Å². The van der Waals surface area contributed by atoms with E-state index in [4.69, 9.17) is 9.47 Å². The number of aromatic hydroxyl groups is 1. The first-order valence-corrected chi connectivity index (χ1v) is 14.2. The Morgan fingerprint density at radius 3 is 2.56 bits per heavy atom. The predicted molar refractivity (Wildman–Crippen MR) is 148 cm³/mol. The summed E-state index contributed by atoms with van der Waals surface area (Å²) in [6.07, 6.45) is -3.62. The first-order valence-electron chi connectivity index (χ1n) is 14.2. The summed E-state index contributed by atoms with van der Waals surface area (Å²) in [6, 6.07) is 2.10. The van der Waals surface area contributed by atoms with Crippen LogP contribution >= 0.6 is 0 Å². The van der Waals surface area contributed by atoms with Crippen molar-refractivity contribution in [3.8, 4) is 11.5 Å². The van der Waals surface area contributed by atoms with Crippen LogP contribution in [0, 0.1) is 22.7 Å². The standard InChI is InChI=1S/C30H37NO12/c1-13-14-5-9-30(26(13)39)10-6-19(33)29(2,18(30)11-14)8-7-20(34)31-21-16(4-3-15(22(21)35)27(40)41)42-28-25(38)24(37)23(36)17(12-32)43-28/h3-4,6,10,14,17-18,23-26,28,32,35-39H,1,5,7-9,11-12H2,2H3,(H,31,34)(H,40,41)/t14-,17+,18-,23+,24-,25+,26-,28+,29+,30-/m0/s1. The van der Waals surface area contributed by atoms with Crippen molar-refractivity contribution in [2.24, 2.45) is 22.7 Å². The molecule has 43 heavy (non-hydrogen) atoms. The highest BCUT2D eigenvalue weighted by atomic mass is 16.7. The van der Waals surface area contributed by atoms with Gasteiger partial charge in [0.2, 0.25) is 12.2 Å². The molecule has 10 atom stereocenters. The fourth-order valence-electron chi connectivity index (χ4n) is 7.32. The van der Waals surface area contributed by atoms with Crippen molar-refractivity contribution in [3.63, 3.8) is 0 Å². The minimum absolute atomic E-state index is 0.0761. The second-order valence-electron chi connectivity index (χ2n) is 12.2. The first kappa shape index (κ1) is 31.1. The van der Waals surface area contributed by atoms with Crippen molar-refractivity contribution >= 4 is 23.3 Å². The number of anilines is 1. The van der Waals surface area contributed by atoms with E-state index in [1.807, 2.05) is 0 Å². The van der Waals surface area contributed by atoms with E-state index in [0.717, 1.165) is 24.1 Å². The van der Waals surface area contributed by atoms with Crippen LogP contribution in [0.15, 0.2) is 36.4 Å². The summed E-state index contributed by atoms with van der Waals surface area (Å²) in [5.41, 5.74) is -1.88. The molecule has 0 radical (unpaired) electrons. The van der Waals surface area contributed by atoms with Crippen LogP contribution in [0.3, 0.4) is 0 Å². The zero-order valence-electron chi connectivity index (χ0n) is 23.5. The molecule has 234 valence electrons. The van der Waals surface area contributed by atoms with Crippen LogP contribution in [0.5, 0.6) is 11.5 Å². The number of allylic oxidation sites excluding steroid dienone is 1. The monoisotopic (exact) mass is 603 g/mol. The number of aromatic carboxylic acids is 1. The minimum atomic E-state index is -1.81. The number of nitrogens with one attached hydrogen (secondary N) is 1. The van der Waals surface area contributed by atoms with Crippen molar-refractivity contribution in [1.82, 2.24) is 0 Å². The first-order chi connectivity index (χ1) is 20.2. The number of hydrogen-bond donors (Lipinski definition) is 8. The van der Waals surface area contributed by atoms with Gasteiger partial charge in [-0.1, -0.05) is 19.6 Å². The molecule has 5 aliphatic rings. The van der Waals surface area contributed by atoms with Crippen LogP contribution in [-0.4, -0.2) is 96.8 Å². The molecule has 0 aromatic heterocycles. The number of aliphatic hydroxyl groups excluding tert-OH is 5. The number of carbonyl (C=O) groups excluding carboxylic acids is 2. The van der Waals surface area contributed by atoms with Gasteiger partial charge in [0.1, 0.15) is 41.4 Å². The molecule has 3 saturated carbocycles. The highest BCUT2D eigenvalue weighted by Gasteiger charge is 2.62. The Kier molecular flexibility index (Phi) is 8.18. The topological polar surface area (TPSA) is 223 Å². The number of benzene rings is 1. The van der Waals surface area contributed by atoms with Gasteiger partial charge in [-0.05, 0) is 61.3 Å². The lowest BCUT2D eigenvalue weighted by Gasteiger charge is -2.61. The third-order valence-electron chi connectivity index (χ3n) is 9.95. The van der Waals surface area contributed by atoms with Crippen molar-refractivity contribution in [2.45, 2.75) is 75.8 Å². The Morgan fingerprint density at radius 1 is 1.16 bits per heavy atom. The van der Waals surface area contributed by atoms with Gasteiger partial charge in [0.05, 0.1) is 12.7 Å². The van der Waals surface area contributed by atoms with Gasteiger partial charge in [0.25, 0.3) is 0 Å². The number of aliphatic hydroxyl groups is 5. The lowest BCUT2D eigenvalue weighted by Crippen LogP contribution is -2.60. The zero-order chi connectivity index (χ0) is 31.4. The van der Waals surface area contributed by atoms with Gasteiger partial charge in [0.15, 0.2) is 11.5 Å². The van der Waals surface area contributed by atoms with Crippen molar-refractivity contribution in [3.05, 3.63) is 42.0 Å². The molecular weight excluding hydrogens is 566 g/mol. The number of amides is 1. The molecule has 6 rings (SSSR count). The van der Waals surface area contributed by atoms with Gasteiger partial charge < -0.3 is 50.5 Å². The van der Waals surface area contributed by atoms with Crippen molar-refractivity contribution in [1.29, 1.82) is 0 Å². The SMILES string of the molecule is C=C1[C@H]2CC[C@@]3(C=CC(=O)[C@](C)(CCC(=O)Nc4c(O[C@@H]5O[C@H](CO)[C@@H](O)[C@H](O)[C@H]5O)ccc(C(=O)O)c4O)[C@@H]3C2)[C@H]1O. The molecule has 1 saturated heterocycles. The number of carboxylic acid groups (broad SMARTS) is 1. The number of ketones is 1. The maximum atomic E-state index is 13.3. The summed E-state index contributed by atoms with van der Waals surface area (Å²) in [6.45, 7) is 5.14. The Hall–Kier alpha value is -3.33. The number of phenols is 1. The van der Waals surface area contributed by atoms with Crippen molar-refractivity contribution in [2.75, 3.05) is 11.9 Å². The van der Waals surface area contributed by atoms with Crippen LogP contribution in [0.1, 0.15) is 49.4 Å². The molecule has 1 amide bonds. The van der Waals surface area contributed by atoms with Crippen molar-refractivity contribution < 1.29 is 59.6 Å². The molecule has 4 fully saturated rings. The van der Waals surface area contributed by atoms with E-state index in [0.29, 0.717) is 12.8 Å². The van der Waals surface area contributed by atoms with E-state index in [1.165, 1.54) is 6.08 Å². The highest BCUT2D eigenvalue weighted by Crippen LogP contribution is 2.64. The largest absolute Gasteiger partial charge is 0.505 e. The normalized spacial score (nSPS) is 38.5. The summed E-state index contributed by atoms with van der Waals surface area (Å²) in [4.78, 5) is 38.2. The van der Waals surface area contributed by atoms with Gasteiger partial charge in [-0.15, -0.1) is 0 Å². The Balaban J connectivity index is 1.37. The molecule has 1 spiro atoms. The van der Waals surface area contributed by atoms with Gasteiger partial charge in [-0.25, -0.2) is 4.79 Å². The molecule has 1 heterocycles. The molecule has 4 aliphatic carbocycles. The predicted octanol–water partition coefficient (Wildman–Crippen LogP) is 0.466. The Morgan fingerprint density at radius 2 is 1.88 bits per heavy atom. The third-order valence-corrected chi connectivity index (χ3v) is 9.95. The minimum Gasteiger partial charge on any atom is -0.505 e. The van der Waals surface area contributed by atoms with E-state index in [9.17, 15) is 50.1 Å². The average molecular weight is 604 g/mol. The van der Waals surface area contributed by atoms with E-state index in [1.54, 1.807) is 13.0 Å². The summed E-state index contributed by atoms with van der Waals surface area (Å²) in [7, 11) is 0. The molecule has 1 aliphatic heterocycles. The van der Waals surface area contributed by atoms with Gasteiger partial charge >= 0.3 is 5.97 Å². The van der Waals surface area contributed by atoms with E-state index < -0.39 is 83.1 Å². The molecule has 1 aromatic carbocycles. The maximum absolute atomic E-state index is 13.3. The number of fused-ring (bicyclic) bond motifs is 2. The molecular formula is C30H37NO12. The zero-order valence-corrected chi connectivity index (χ0v) is 23.5. The Labute approximate surface area is 247 Å². The molecule has 13 heteroatoms. The molecule has 8 N–H and O–H groups in total. The number of hydrogen-bond acceptors (Lipinski definition) is 11. The van der Waals surface area contributed by atoms with E-state index in [-0.39, 0.29) is 36.2 Å². The quantitative estimate of drug-likeness (QED) is 0.150. The number of rotatable bonds is 8. The molecule has 0 unspecified atom stereocenters. The lowest BCUT2D eigenvalue weighted by molar-refractivity contribution is -0.277. The fourth-order valence-corrected chi connectivity index (χ4v) is 7.32. The van der Waals surface area contributed by atoms with Gasteiger partial charge in [0, 0.05) is 17.3 Å². The summed E-state index contributed by atoms with van der Waals surface area (Å²) in [5, 5.41) is 73.8. The molecule has 1 aromatic rings. The number of ether oxygens (including phenoxy) is 2. The van der Waals surface area contributed by atoms with Crippen LogP contribution in [0.2, 0.25) is 0 Å². The van der Waals surface area contributed by atoms with Gasteiger partial charge in [-0.2, -0.15) is 0 Å². The fraction of sp³-hybridized carbons (Fsp3) is 0.567. The molecule has 13 nitrogen and oxygen atoms in total. The molecule has 2 bridgehead atoms. The number of carbonyl (C=O) groups is 3. The Bertz CT molecular complexity index is 1360. The number of carboxylic acids is 1. The second-order valence-corrected chi connectivity index (χ2v) is 12.2. The lowest BCUT2D eigenvalue weighted by atomic mass is 9.43. The van der Waals surface area contributed by atoms with Crippen LogP contribution in [0.25, 0.3) is 0 Å². The van der Waals surface area contributed by atoms with Crippen LogP contribution < -0.4 is 10.1 Å². The van der Waals surface area contributed by atoms with Crippen LogP contribution in [-0.2, 0) is 14.3 Å². The maximum Gasteiger partial charge on any atom is 0.339 e.